The van der Waals surface area contributed by atoms with Crippen LogP contribution in [-0.2, 0) is 11.2 Å². The van der Waals surface area contributed by atoms with Gasteiger partial charge in [-0.2, -0.15) is 4.98 Å². The smallest absolute Gasteiger partial charge is 0.238 e. The second kappa shape index (κ2) is 7.94. The van der Waals surface area contributed by atoms with E-state index in [4.69, 9.17) is 8.94 Å². The number of nitrogens with zero attached hydrogens (tertiary/aromatic N) is 2. The molecule has 0 bridgehead atoms. The number of aryl methyl sites for hydroxylation is 1. The first-order valence-electron chi connectivity index (χ1n) is 8.47. The molecule has 6 nitrogen and oxygen atoms in total. The second-order valence-corrected chi connectivity index (χ2v) is 6.10. The number of rotatable bonds is 5. The van der Waals surface area contributed by atoms with Gasteiger partial charge in [-0.05, 0) is 25.0 Å². The van der Waals surface area contributed by atoms with Crippen molar-refractivity contribution in [2.24, 2.45) is 0 Å². The van der Waals surface area contributed by atoms with Crippen LogP contribution in [0.15, 0.2) is 27.3 Å². The SMILES string of the molecule is O=C(CCc1nc(-c2ccco2)no1)NC1CCCCCCC1. The molecule has 0 atom stereocenters. The quantitative estimate of drug-likeness (QED) is 0.913. The standard InChI is InChI=1S/C17H23N3O3/c21-15(18-13-7-4-2-1-3-5-8-13)10-11-16-19-17(20-23-16)14-9-6-12-22-14/h6,9,12-13H,1-5,7-8,10-11H2,(H,18,21). The van der Waals surface area contributed by atoms with E-state index in [2.05, 4.69) is 15.5 Å². The Kier molecular flexibility index (Phi) is 5.45. The lowest BCUT2D eigenvalue weighted by molar-refractivity contribution is -0.122. The summed E-state index contributed by atoms with van der Waals surface area (Å²) in [5.41, 5.74) is 0. The van der Waals surface area contributed by atoms with E-state index in [0.717, 1.165) is 12.8 Å². The van der Waals surface area contributed by atoms with Crippen molar-refractivity contribution >= 4 is 5.91 Å². The fourth-order valence-corrected chi connectivity index (χ4v) is 2.98. The van der Waals surface area contributed by atoms with Crippen LogP contribution in [0, 0.1) is 0 Å². The van der Waals surface area contributed by atoms with Crippen LogP contribution < -0.4 is 5.32 Å². The molecular weight excluding hydrogens is 294 g/mol. The molecule has 2 aromatic rings. The minimum absolute atomic E-state index is 0.0633. The highest BCUT2D eigenvalue weighted by atomic mass is 16.5. The molecule has 23 heavy (non-hydrogen) atoms. The number of carbonyl (C=O) groups is 1. The summed E-state index contributed by atoms with van der Waals surface area (Å²) in [5.74, 6) is 1.52. The van der Waals surface area contributed by atoms with Gasteiger partial charge in [0.05, 0.1) is 6.26 Å². The molecule has 2 aromatic heterocycles. The number of furan rings is 1. The maximum absolute atomic E-state index is 12.1. The molecule has 0 aliphatic heterocycles. The van der Waals surface area contributed by atoms with E-state index >= 15 is 0 Å². The molecule has 6 heteroatoms. The molecule has 0 unspecified atom stereocenters. The number of nitrogens with one attached hydrogen (secondary N) is 1. The van der Waals surface area contributed by atoms with Gasteiger partial charge in [0.15, 0.2) is 5.76 Å². The first-order valence-corrected chi connectivity index (χ1v) is 8.47. The first kappa shape index (κ1) is 15.8. The molecule has 3 rings (SSSR count). The molecule has 0 spiro atoms. The van der Waals surface area contributed by atoms with Crippen molar-refractivity contribution in [3.8, 4) is 11.6 Å². The molecule has 1 N–H and O–H groups in total. The Hall–Kier alpha value is -2.11. The summed E-state index contributed by atoms with van der Waals surface area (Å²) < 4.78 is 10.4. The van der Waals surface area contributed by atoms with Gasteiger partial charge in [-0.25, -0.2) is 0 Å². The van der Waals surface area contributed by atoms with Crippen molar-refractivity contribution in [2.45, 2.75) is 63.8 Å². The summed E-state index contributed by atoms with van der Waals surface area (Å²) in [6.45, 7) is 0. The molecule has 0 aromatic carbocycles. The Morgan fingerprint density at radius 3 is 2.74 bits per heavy atom. The zero-order valence-corrected chi connectivity index (χ0v) is 13.3. The minimum atomic E-state index is 0.0633. The van der Waals surface area contributed by atoms with Crippen LogP contribution in [0.4, 0.5) is 0 Å². The second-order valence-electron chi connectivity index (χ2n) is 6.10. The van der Waals surface area contributed by atoms with Gasteiger partial charge in [0.2, 0.25) is 17.6 Å². The average Bonchev–Trinajstić information content (AvgIpc) is 3.18. The lowest BCUT2D eigenvalue weighted by Gasteiger charge is -2.20. The maximum Gasteiger partial charge on any atom is 0.238 e. The fraction of sp³-hybridized carbons (Fsp3) is 0.588. The van der Waals surface area contributed by atoms with Crippen molar-refractivity contribution in [3.63, 3.8) is 0 Å². The number of amides is 1. The predicted octanol–water partition coefficient (Wildman–Crippen LogP) is 3.49. The van der Waals surface area contributed by atoms with E-state index in [1.54, 1.807) is 18.4 Å². The van der Waals surface area contributed by atoms with Crippen molar-refractivity contribution in [2.75, 3.05) is 0 Å². The maximum atomic E-state index is 12.1. The molecule has 1 saturated carbocycles. The van der Waals surface area contributed by atoms with Gasteiger partial charge in [0.1, 0.15) is 0 Å². The van der Waals surface area contributed by atoms with Gasteiger partial charge in [-0.15, -0.1) is 0 Å². The van der Waals surface area contributed by atoms with E-state index in [0.29, 0.717) is 36.4 Å². The van der Waals surface area contributed by atoms with Gasteiger partial charge >= 0.3 is 0 Å². The molecule has 1 aliphatic rings. The van der Waals surface area contributed by atoms with Crippen molar-refractivity contribution in [1.29, 1.82) is 0 Å². The molecule has 124 valence electrons. The van der Waals surface area contributed by atoms with E-state index in [1.165, 1.54) is 32.1 Å². The Bertz CT molecular complexity index is 598. The summed E-state index contributed by atoms with van der Waals surface area (Å²) in [6.07, 6.45) is 10.9. The summed E-state index contributed by atoms with van der Waals surface area (Å²) in [6, 6.07) is 3.87. The lowest BCUT2D eigenvalue weighted by atomic mass is 9.96. The first-order chi connectivity index (χ1) is 11.3. The third-order valence-corrected chi connectivity index (χ3v) is 4.25. The van der Waals surface area contributed by atoms with Gasteiger partial charge in [-0.1, -0.05) is 37.3 Å². The monoisotopic (exact) mass is 317 g/mol. The Balaban J connectivity index is 1.45. The molecule has 2 heterocycles. The molecule has 1 fully saturated rings. The molecule has 1 aliphatic carbocycles. The highest BCUT2D eigenvalue weighted by Crippen LogP contribution is 2.18. The average molecular weight is 317 g/mol. The summed E-state index contributed by atoms with van der Waals surface area (Å²) in [4.78, 5) is 16.3. The fourth-order valence-electron chi connectivity index (χ4n) is 2.98. The van der Waals surface area contributed by atoms with Crippen molar-refractivity contribution in [3.05, 3.63) is 24.3 Å². The van der Waals surface area contributed by atoms with Gasteiger partial charge in [-0.3, -0.25) is 4.79 Å². The number of hydrogen-bond donors (Lipinski definition) is 1. The molecule has 0 radical (unpaired) electrons. The van der Waals surface area contributed by atoms with Crippen LogP contribution in [0.1, 0.15) is 57.3 Å². The largest absolute Gasteiger partial charge is 0.461 e. The van der Waals surface area contributed by atoms with Crippen LogP contribution in [0.2, 0.25) is 0 Å². The molecular formula is C17H23N3O3. The van der Waals surface area contributed by atoms with E-state index in [1.807, 2.05) is 0 Å². The highest BCUT2D eigenvalue weighted by Gasteiger charge is 2.16. The highest BCUT2D eigenvalue weighted by molar-refractivity contribution is 5.76. The van der Waals surface area contributed by atoms with E-state index in [9.17, 15) is 4.79 Å². The summed E-state index contributed by atoms with van der Waals surface area (Å²) in [7, 11) is 0. The van der Waals surface area contributed by atoms with Gasteiger partial charge in [0, 0.05) is 18.9 Å². The third-order valence-electron chi connectivity index (χ3n) is 4.25. The normalized spacial score (nSPS) is 16.7. The zero-order valence-electron chi connectivity index (χ0n) is 13.3. The van der Waals surface area contributed by atoms with Crippen molar-refractivity contribution < 1.29 is 13.7 Å². The van der Waals surface area contributed by atoms with Crippen LogP contribution >= 0.6 is 0 Å². The number of hydrogen-bond acceptors (Lipinski definition) is 5. The van der Waals surface area contributed by atoms with Gasteiger partial charge in [0.25, 0.3) is 0 Å². The molecule has 0 saturated heterocycles. The topological polar surface area (TPSA) is 81.2 Å². The van der Waals surface area contributed by atoms with Crippen LogP contribution in [-0.4, -0.2) is 22.1 Å². The zero-order chi connectivity index (χ0) is 15.9. The Morgan fingerprint density at radius 1 is 1.22 bits per heavy atom. The Morgan fingerprint density at radius 2 is 2.00 bits per heavy atom. The van der Waals surface area contributed by atoms with E-state index < -0.39 is 0 Å². The van der Waals surface area contributed by atoms with Crippen LogP contribution in [0.3, 0.4) is 0 Å². The van der Waals surface area contributed by atoms with E-state index in [-0.39, 0.29) is 5.91 Å². The predicted molar refractivity (Wildman–Crippen MR) is 84.6 cm³/mol. The lowest BCUT2D eigenvalue weighted by Crippen LogP contribution is -2.35. The summed E-state index contributed by atoms with van der Waals surface area (Å²) >= 11 is 0. The van der Waals surface area contributed by atoms with Crippen molar-refractivity contribution in [1.82, 2.24) is 15.5 Å². The third kappa shape index (κ3) is 4.68. The van der Waals surface area contributed by atoms with Crippen LogP contribution in [0.25, 0.3) is 11.6 Å². The molecule has 1 amide bonds. The number of carbonyl (C=O) groups excluding carboxylic acids is 1. The Labute approximate surface area is 135 Å². The van der Waals surface area contributed by atoms with Gasteiger partial charge < -0.3 is 14.3 Å². The summed E-state index contributed by atoms with van der Waals surface area (Å²) in [5, 5.41) is 7.01. The minimum Gasteiger partial charge on any atom is -0.461 e. The van der Waals surface area contributed by atoms with Crippen LogP contribution in [0.5, 0.6) is 0 Å². The number of aromatic nitrogens is 2.